The van der Waals surface area contributed by atoms with E-state index in [9.17, 15) is 0 Å². The number of rotatable bonds is 4. The minimum Gasteiger partial charge on any atom is -0.136 e. The largest absolute Gasteiger partial charge is 0.345 e. The molecule has 0 saturated heterocycles. The van der Waals surface area contributed by atoms with Gasteiger partial charge >= 0.3 is 6.67 Å². The number of benzene rings is 2. The van der Waals surface area contributed by atoms with Crippen LogP contribution >= 0.6 is 0 Å². The number of fused-ring (bicyclic) bond motifs is 2. The highest BCUT2D eigenvalue weighted by Crippen LogP contribution is 2.34. The van der Waals surface area contributed by atoms with Gasteiger partial charge in [0.2, 0.25) is 11.0 Å². The van der Waals surface area contributed by atoms with Crippen molar-refractivity contribution in [1.29, 1.82) is 0 Å². The van der Waals surface area contributed by atoms with Crippen molar-refractivity contribution in [2.24, 2.45) is 5.92 Å². The molecular formula is C37H54N2+2. The first-order chi connectivity index (χ1) is 17.6. The third kappa shape index (κ3) is 4.48. The molecule has 0 N–H and O–H groups in total. The van der Waals surface area contributed by atoms with E-state index in [2.05, 4.69) is 113 Å². The maximum Gasteiger partial charge on any atom is 0.345 e. The van der Waals surface area contributed by atoms with Crippen molar-refractivity contribution in [3.8, 4) is 0 Å². The standard InChI is InChI=1S/C36H50N2.CH4/c1-18(2)16-32-29(13)31(15)38(36-28(12)22(6)20(4)25(9)34(32)36)17-37-30(14)23(7)26(10)33-24(8)19(3)21(5)27(11)35(33)37;/h18H,16-17H2,1-15H3;1H4/q+2;. The Morgan fingerprint density at radius 1 is 0.436 bits per heavy atom. The molecule has 39 heavy (non-hydrogen) atoms. The number of aryl methyl sites for hydroxylation is 5. The highest BCUT2D eigenvalue weighted by Gasteiger charge is 2.32. The topological polar surface area (TPSA) is 7.76 Å². The molecule has 2 heteroatoms. The van der Waals surface area contributed by atoms with Crippen LogP contribution < -0.4 is 9.13 Å². The van der Waals surface area contributed by atoms with E-state index in [1.807, 2.05) is 0 Å². The van der Waals surface area contributed by atoms with E-state index >= 15 is 0 Å². The van der Waals surface area contributed by atoms with Gasteiger partial charge in [-0.3, -0.25) is 0 Å². The monoisotopic (exact) mass is 526 g/mol. The second-order valence-electron chi connectivity index (χ2n) is 12.6. The first-order valence-electron chi connectivity index (χ1n) is 14.4. The lowest BCUT2D eigenvalue weighted by Crippen LogP contribution is -2.56. The van der Waals surface area contributed by atoms with E-state index < -0.39 is 0 Å². The zero-order chi connectivity index (χ0) is 28.5. The zero-order valence-electron chi connectivity index (χ0n) is 26.9. The summed E-state index contributed by atoms with van der Waals surface area (Å²) in [6.45, 7) is 35.7. The summed E-state index contributed by atoms with van der Waals surface area (Å²) in [6.07, 6.45) is 1.11. The van der Waals surface area contributed by atoms with Gasteiger partial charge in [0.05, 0.1) is 10.8 Å². The molecule has 4 aromatic rings. The highest BCUT2D eigenvalue weighted by atomic mass is 15.2. The summed E-state index contributed by atoms with van der Waals surface area (Å²) in [6, 6.07) is 0. The van der Waals surface area contributed by atoms with E-state index in [-0.39, 0.29) is 7.43 Å². The van der Waals surface area contributed by atoms with Gasteiger partial charge in [0, 0.05) is 36.1 Å². The molecule has 0 aliphatic rings. The molecule has 0 aliphatic carbocycles. The highest BCUT2D eigenvalue weighted by molar-refractivity contribution is 5.90. The fourth-order valence-electron chi connectivity index (χ4n) is 6.85. The molecule has 0 aliphatic heterocycles. The number of nitrogens with zero attached hydrogens (tertiary/aromatic N) is 2. The SMILES string of the molecule is C.Cc1c(C)c(C)c2c(c1C)c(C)c(C)c(C)[n+]2C[n+]1c(C)c(C)c(CC(C)C)c2c(C)c(C)c(C)c(C)c21. The maximum absolute atomic E-state index is 2.63. The van der Waals surface area contributed by atoms with Gasteiger partial charge < -0.3 is 0 Å². The van der Waals surface area contributed by atoms with Gasteiger partial charge in [-0.1, -0.05) is 21.3 Å². The quantitative estimate of drug-likeness (QED) is 0.235. The number of aromatic nitrogens is 2. The molecule has 0 spiro atoms. The summed E-state index contributed by atoms with van der Waals surface area (Å²) in [5, 5.41) is 2.91. The van der Waals surface area contributed by atoms with Crippen LogP contribution in [0.15, 0.2) is 0 Å². The second-order valence-corrected chi connectivity index (χ2v) is 12.6. The first-order valence-corrected chi connectivity index (χ1v) is 14.4. The lowest BCUT2D eigenvalue weighted by atomic mass is 9.86. The van der Waals surface area contributed by atoms with E-state index in [1.54, 1.807) is 0 Å². The van der Waals surface area contributed by atoms with Crippen LogP contribution in [0.1, 0.15) is 99.4 Å². The van der Waals surface area contributed by atoms with Crippen molar-refractivity contribution < 1.29 is 9.13 Å². The van der Waals surface area contributed by atoms with Gasteiger partial charge in [-0.2, -0.15) is 0 Å². The lowest BCUT2D eigenvalue weighted by molar-refractivity contribution is -0.895. The van der Waals surface area contributed by atoms with E-state index in [1.165, 1.54) is 100.0 Å². The molecule has 2 nitrogen and oxygen atoms in total. The molecule has 0 amide bonds. The molecule has 0 radical (unpaired) electrons. The molecular weight excluding hydrogens is 472 g/mol. The predicted octanol–water partition coefficient (Wildman–Crippen LogP) is 8.92. The van der Waals surface area contributed by atoms with Crippen LogP contribution in [0.5, 0.6) is 0 Å². The molecule has 2 aromatic heterocycles. The molecule has 2 aromatic carbocycles. The van der Waals surface area contributed by atoms with Crippen molar-refractivity contribution in [2.75, 3.05) is 0 Å². The van der Waals surface area contributed by atoms with Gasteiger partial charge in [0.1, 0.15) is 0 Å². The lowest BCUT2D eigenvalue weighted by Gasteiger charge is -2.21. The van der Waals surface area contributed by atoms with Crippen molar-refractivity contribution in [3.05, 3.63) is 78.1 Å². The van der Waals surface area contributed by atoms with Crippen LogP contribution in [0.2, 0.25) is 0 Å². The Balaban J connectivity index is 0.00000420. The van der Waals surface area contributed by atoms with Gasteiger partial charge in [-0.25, -0.2) is 0 Å². The van der Waals surface area contributed by atoms with Crippen molar-refractivity contribution in [2.45, 2.75) is 124 Å². The van der Waals surface area contributed by atoms with E-state index in [0.717, 1.165) is 13.1 Å². The number of hydrogen-bond acceptors (Lipinski definition) is 0. The summed E-state index contributed by atoms with van der Waals surface area (Å²) in [5.74, 6) is 0.616. The minimum absolute atomic E-state index is 0. The fraction of sp³-hybridized carbons (Fsp3) is 0.514. The Hall–Kier alpha value is -2.74. The summed E-state index contributed by atoms with van der Waals surface area (Å²) < 4.78 is 5.25. The molecule has 2 heterocycles. The van der Waals surface area contributed by atoms with Gasteiger partial charge in [0.25, 0.3) is 0 Å². The molecule has 4 rings (SSSR count). The first kappa shape index (κ1) is 30.8. The Morgan fingerprint density at radius 3 is 1.26 bits per heavy atom. The van der Waals surface area contributed by atoms with Crippen LogP contribution in [0, 0.1) is 95.9 Å². The minimum atomic E-state index is 0. The molecule has 0 fully saturated rings. The van der Waals surface area contributed by atoms with E-state index in [0.29, 0.717) is 5.92 Å². The van der Waals surface area contributed by atoms with Crippen LogP contribution in [0.4, 0.5) is 0 Å². The fourth-order valence-corrected chi connectivity index (χ4v) is 6.85. The third-order valence-corrected chi connectivity index (χ3v) is 10.3. The average Bonchev–Trinajstić information content (AvgIpc) is 2.87. The summed E-state index contributed by atoms with van der Waals surface area (Å²) in [7, 11) is 0. The van der Waals surface area contributed by atoms with Crippen LogP contribution in [-0.2, 0) is 13.1 Å². The van der Waals surface area contributed by atoms with Gasteiger partial charge in [-0.15, -0.1) is 9.13 Å². The normalized spacial score (nSPS) is 11.7. The van der Waals surface area contributed by atoms with Crippen LogP contribution in [0.25, 0.3) is 21.8 Å². The second kappa shape index (κ2) is 10.7. The Morgan fingerprint density at radius 2 is 0.795 bits per heavy atom. The molecule has 0 saturated carbocycles. The van der Waals surface area contributed by atoms with Crippen molar-refractivity contribution >= 4 is 21.8 Å². The molecule has 0 atom stereocenters. The predicted molar refractivity (Wildman–Crippen MR) is 171 cm³/mol. The van der Waals surface area contributed by atoms with E-state index in [4.69, 9.17) is 0 Å². The van der Waals surface area contributed by atoms with Crippen LogP contribution in [-0.4, -0.2) is 0 Å². The molecule has 210 valence electrons. The smallest absolute Gasteiger partial charge is 0.136 e. The Bertz CT molecular complexity index is 1640. The molecule has 0 bridgehead atoms. The summed E-state index contributed by atoms with van der Waals surface area (Å²) in [5.41, 5.74) is 22.8. The number of pyridine rings is 2. The van der Waals surface area contributed by atoms with Crippen molar-refractivity contribution in [1.82, 2.24) is 0 Å². The average molecular weight is 527 g/mol. The summed E-state index contributed by atoms with van der Waals surface area (Å²) >= 11 is 0. The zero-order valence-corrected chi connectivity index (χ0v) is 26.9. The van der Waals surface area contributed by atoms with Gasteiger partial charge in [0.15, 0.2) is 11.4 Å². The third-order valence-electron chi connectivity index (χ3n) is 10.3. The van der Waals surface area contributed by atoms with Gasteiger partial charge in [-0.05, 0) is 133 Å². The maximum atomic E-state index is 2.63. The number of hydrogen-bond donors (Lipinski definition) is 0. The van der Waals surface area contributed by atoms with Crippen molar-refractivity contribution in [3.63, 3.8) is 0 Å². The van der Waals surface area contributed by atoms with Crippen LogP contribution in [0.3, 0.4) is 0 Å². The molecule has 0 unspecified atom stereocenters. The Labute approximate surface area is 239 Å². The Kier molecular flexibility index (Phi) is 8.43. The summed E-state index contributed by atoms with van der Waals surface area (Å²) in [4.78, 5) is 0.